The Morgan fingerprint density at radius 1 is 1.30 bits per heavy atom. The van der Waals surface area contributed by atoms with Gasteiger partial charge in [-0.05, 0) is 25.3 Å². The summed E-state index contributed by atoms with van der Waals surface area (Å²) in [7, 11) is 0. The Morgan fingerprint density at radius 2 is 2.11 bits per heavy atom. The Morgan fingerprint density at radius 3 is 2.81 bits per heavy atom. The number of aromatic amines is 1. The summed E-state index contributed by atoms with van der Waals surface area (Å²) in [6.45, 7) is 4.25. The molecule has 1 aliphatic heterocycles. The van der Waals surface area contributed by atoms with E-state index in [2.05, 4.69) is 15.2 Å². The average molecular weight is 368 g/mol. The average Bonchev–Trinajstić information content (AvgIpc) is 3.19. The first-order valence-electron chi connectivity index (χ1n) is 9.07. The van der Waals surface area contributed by atoms with Gasteiger partial charge in [-0.1, -0.05) is 30.3 Å². The molecule has 142 valence electrons. The summed E-state index contributed by atoms with van der Waals surface area (Å²) >= 11 is 0. The maximum Gasteiger partial charge on any atom is 0.302 e. The third-order valence-corrected chi connectivity index (χ3v) is 4.32. The number of allylic oxidation sites excluding steroid dienone is 1. The molecule has 0 saturated carbocycles. The molecule has 7 nitrogen and oxygen atoms in total. The molecule has 0 saturated heterocycles. The number of benzene rings is 1. The van der Waals surface area contributed by atoms with E-state index in [1.165, 1.54) is 6.92 Å². The van der Waals surface area contributed by atoms with Crippen LogP contribution in [-0.2, 0) is 20.9 Å². The zero-order chi connectivity index (χ0) is 19.1. The van der Waals surface area contributed by atoms with Crippen molar-refractivity contribution in [2.24, 2.45) is 4.99 Å². The van der Waals surface area contributed by atoms with E-state index in [0.717, 1.165) is 35.4 Å². The van der Waals surface area contributed by atoms with E-state index in [0.29, 0.717) is 25.5 Å². The standard InChI is InChI=1S/C20H24N4O3/c1-14-19(27-12-16-7-4-3-5-8-16)18(20-21-13-22-24-20)11-17(23-14)9-6-10-26-15(2)25/h3-5,7-8,13,17H,6,9-12H2,1-2H3,(H,21,22,24). The van der Waals surface area contributed by atoms with Gasteiger partial charge in [-0.2, -0.15) is 5.10 Å². The van der Waals surface area contributed by atoms with E-state index < -0.39 is 0 Å². The summed E-state index contributed by atoms with van der Waals surface area (Å²) in [4.78, 5) is 20.0. The number of aliphatic imine (C=N–C) groups is 1. The molecule has 0 aliphatic carbocycles. The highest BCUT2D eigenvalue weighted by molar-refractivity contribution is 6.03. The topological polar surface area (TPSA) is 89.5 Å². The van der Waals surface area contributed by atoms with Crippen LogP contribution in [0.2, 0.25) is 0 Å². The first kappa shape index (κ1) is 18.8. The van der Waals surface area contributed by atoms with Gasteiger partial charge in [-0.25, -0.2) is 4.98 Å². The molecule has 1 aliphatic rings. The number of rotatable bonds is 8. The highest BCUT2D eigenvalue weighted by Gasteiger charge is 2.26. The van der Waals surface area contributed by atoms with Crippen LogP contribution in [0.1, 0.15) is 44.5 Å². The van der Waals surface area contributed by atoms with E-state index in [9.17, 15) is 4.79 Å². The minimum absolute atomic E-state index is 0.0955. The van der Waals surface area contributed by atoms with Gasteiger partial charge in [0.25, 0.3) is 0 Å². The van der Waals surface area contributed by atoms with Crippen molar-refractivity contribution in [1.29, 1.82) is 0 Å². The predicted octanol–water partition coefficient (Wildman–Crippen LogP) is 3.31. The van der Waals surface area contributed by atoms with Crippen molar-refractivity contribution in [1.82, 2.24) is 15.2 Å². The second kappa shape index (κ2) is 9.12. The molecule has 3 rings (SSSR count). The number of carbonyl (C=O) groups is 1. The second-order valence-corrected chi connectivity index (χ2v) is 6.46. The van der Waals surface area contributed by atoms with Crippen molar-refractivity contribution >= 4 is 17.3 Å². The molecule has 2 aromatic rings. The molecule has 1 aromatic heterocycles. The van der Waals surface area contributed by atoms with Crippen molar-refractivity contribution in [2.75, 3.05) is 6.61 Å². The van der Waals surface area contributed by atoms with Crippen LogP contribution in [0, 0.1) is 0 Å². The molecule has 0 radical (unpaired) electrons. The van der Waals surface area contributed by atoms with Gasteiger partial charge in [0, 0.05) is 18.9 Å². The van der Waals surface area contributed by atoms with Crippen LogP contribution in [0.25, 0.3) is 5.57 Å². The van der Waals surface area contributed by atoms with Gasteiger partial charge in [0.1, 0.15) is 18.7 Å². The van der Waals surface area contributed by atoms with Crippen molar-refractivity contribution < 1.29 is 14.3 Å². The third-order valence-electron chi connectivity index (χ3n) is 4.32. The number of carbonyl (C=O) groups excluding carboxylic acids is 1. The lowest BCUT2D eigenvalue weighted by molar-refractivity contribution is -0.141. The fourth-order valence-corrected chi connectivity index (χ4v) is 3.09. The van der Waals surface area contributed by atoms with Gasteiger partial charge < -0.3 is 9.47 Å². The minimum Gasteiger partial charge on any atom is -0.487 e. The molecule has 0 fully saturated rings. The smallest absolute Gasteiger partial charge is 0.302 e. The lowest BCUT2D eigenvalue weighted by Crippen LogP contribution is -2.20. The van der Waals surface area contributed by atoms with Crippen LogP contribution in [0.4, 0.5) is 0 Å². The first-order valence-corrected chi connectivity index (χ1v) is 9.07. The van der Waals surface area contributed by atoms with Crippen molar-refractivity contribution in [3.63, 3.8) is 0 Å². The van der Waals surface area contributed by atoms with Crippen LogP contribution < -0.4 is 0 Å². The Kier molecular flexibility index (Phi) is 6.35. The van der Waals surface area contributed by atoms with Gasteiger partial charge in [0.05, 0.1) is 18.4 Å². The van der Waals surface area contributed by atoms with Crippen LogP contribution in [0.3, 0.4) is 0 Å². The fourth-order valence-electron chi connectivity index (χ4n) is 3.09. The Hall–Kier alpha value is -2.96. The molecule has 1 aromatic carbocycles. The van der Waals surface area contributed by atoms with Crippen molar-refractivity contribution in [2.45, 2.75) is 45.8 Å². The van der Waals surface area contributed by atoms with Gasteiger partial charge in [-0.15, -0.1) is 0 Å². The van der Waals surface area contributed by atoms with Crippen molar-refractivity contribution in [3.05, 3.63) is 53.8 Å². The first-order chi connectivity index (χ1) is 13.1. The molecular formula is C20H24N4O3. The van der Waals surface area contributed by atoms with Gasteiger partial charge in [0.15, 0.2) is 5.82 Å². The molecule has 1 unspecified atom stereocenters. The molecule has 1 atom stereocenters. The lowest BCUT2D eigenvalue weighted by Gasteiger charge is -2.24. The molecule has 27 heavy (non-hydrogen) atoms. The van der Waals surface area contributed by atoms with E-state index in [-0.39, 0.29) is 12.0 Å². The van der Waals surface area contributed by atoms with Crippen LogP contribution >= 0.6 is 0 Å². The van der Waals surface area contributed by atoms with Crippen molar-refractivity contribution in [3.8, 4) is 0 Å². The second-order valence-electron chi connectivity index (χ2n) is 6.46. The molecule has 7 heteroatoms. The van der Waals surface area contributed by atoms with Gasteiger partial charge in [-0.3, -0.25) is 14.9 Å². The Bertz CT molecular complexity index is 813. The monoisotopic (exact) mass is 368 g/mol. The molecule has 1 N–H and O–H groups in total. The highest BCUT2D eigenvalue weighted by atomic mass is 16.5. The van der Waals surface area contributed by atoms with Gasteiger partial charge in [0.2, 0.25) is 0 Å². The third kappa shape index (κ3) is 5.26. The Labute approximate surface area is 158 Å². The fraction of sp³-hybridized carbons (Fsp3) is 0.400. The number of nitrogens with one attached hydrogen (secondary N) is 1. The normalized spacial score (nSPS) is 16.8. The lowest BCUT2D eigenvalue weighted by atomic mass is 9.96. The van der Waals surface area contributed by atoms with E-state index in [1.54, 1.807) is 6.33 Å². The molecular weight excluding hydrogens is 344 g/mol. The van der Waals surface area contributed by atoms with Crippen LogP contribution in [-0.4, -0.2) is 39.5 Å². The zero-order valence-corrected chi connectivity index (χ0v) is 15.6. The number of esters is 1. The maximum absolute atomic E-state index is 10.9. The number of hydrogen-bond acceptors (Lipinski definition) is 6. The van der Waals surface area contributed by atoms with Crippen LogP contribution in [0.5, 0.6) is 0 Å². The molecule has 0 bridgehead atoms. The summed E-state index contributed by atoms with van der Waals surface area (Å²) in [5.41, 5.74) is 2.89. The number of nitrogens with zero attached hydrogens (tertiary/aromatic N) is 3. The largest absolute Gasteiger partial charge is 0.487 e. The number of ether oxygens (including phenoxy) is 2. The zero-order valence-electron chi connectivity index (χ0n) is 15.6. The predicted molar refractivity (Wildman–Crippen MR) is 102 cm³/mol. The number of aromatic nitrogens is 3. The summed E-state index contributed by atoms with van der Waals surface area (Å²) in [6.07, 6.45) is 3.85. The van der Waals surface area contributed by atoms with E-state index >= 15 is 0 Å². The van der Waals surface area contributed by atoms with E-state index in [4.69, 9.17) is 14.5 Å². The molecule has 2 heterocycles. The summed E-state index contributed by atoms with van der Waals surface area (Å²) < 4.78 is 11.1. The SMILES string of the molecule is CC(=O)OCCCC1CC(c2nc[nH]n2)=C(OCc2ccccc2)C(C)=N1. The van der Waals surface area contributed by atoms with E-state index in [1.807, 2.05) is 37.3 Å². The number of H-pyrrole nitrogens is 1. The quantitative estimate of drug-likeness (QED) is 0.570. The maximum atomic E-state index is 10.9. The summed E-state index contributed by atoms with van der Waals surface area (Å²) in [5, 5.41) is 7.00. The molecule has 0 spiro atoms. The Balaban J connectivity index is 1.71. The van der Waals surface area contributed by atoms with Crippen LogP contribution in [0.15, 0.2) is 47.4 Å². The summed E-state index contributed by atoms with van der Waals surface area (Å²) in [6, 6.07) is 10.1. The highest BCUT2D eigenvalue weighted by Crippen LogP contribution is 2.30. The summed E-state index contributed by atoms with van der Waals surface area (Å²) in [5.74, 6) is 1.13. The molecule has 0 amide bonds. The minimum atomic E-state index is -0.253. The van der Waals surface area contributed by atoms with Gasteiger partial charge >= 0.3 is 5.97 Å². The number of dihydropyridines is 1. The number of hydrogen-bond donors (Lipinski definition) is 1.